The molecular weight excluding hydrogens is 456 g/mol. The van der Waals surface area contributed by atoms with E-state index in [2.05, 4.69) is 52.9 Å². The number of carbonyl (C=O) groups is 1. The largest absolute Gasteiger partial charge is 0.488 e. The number of carboxylic acid groups (broad SMARTS) is 1. The molecule has 1 aromatic carbocycles. The van der Waals surface area contributed by atoms with Gasteiger partial charge in [-0.05, 0) is 75.7 Å². The minimum Gasteiger partial charge on any atom is -0.488 e. The molecule has 0 aromatic heterocycles. The van der Waals surface area contributed by atoms with Crippen molar-refractivity contribution in [3.05, 3.63) is 54.1 Å². The summed E-state index contributed by atoms with van der Waals surface area (Å²) in [5.41, 5.74) is 1.29. The summed E-state index contributed by atoms with van der Waals surface area (Å²) in [7, 11) is -2.00. The van der Waals surface area contributed by atoms with E-state index >= 15 is 0 Å². The van der Waals surface area contributed by atoms with Gasteiger partial charge < -0.3 is 19.4 Å². The van der Waals surface area contributed by atoms with Crippen LogP contribution in [0.1, 0.15) is 72.6 Å². The lowest BCUT2D eigenvalue weighted by Gasteiger charge is -2.41. The van der Waals surface area contributed by atoms with E-state index in [1.54, 1.807) is 0 Å². The normalized spacial score (nSPS) is 20.6. The number of benzene rings is 1. The van der Waals surface area contributed by atoms with Crippen LogP contribution in [-0.4, -0.2) is 42.8 Å². The highest BCUT2D eigenvalue weighted by molar-refractivity contribution is 6.74. The maximum atomic E-state index is 10.7. The Kier molecular flexibility index (Phi) is 11.3. The summed E-state index contributed by atoms with van der Waals surface area (Å²) in [5, 5.41) is 19.5. The highest BCUT2D eigenvalue weighted by Gasteiger charge is 2.41. The van der Waals surface area contributed by atoms with Crippen LogP contribution >= 0.6 is 0 Å². The molecule has 0 saturated carbocycles. The van der Waals surface area contributed by atoms with Crippen LogP contribution in [0.4, 0.5) is 0 Å². The van der Waals surface area contributed by atoms with E-state index in [-0.39, 0.29) is 35.7 Å². The molecule has 4 atom stereocenters. The minimum absolute atomic E-state index is 0.0399. The fraction of sp³-hybridized carbons (Fsp3) is 0.621. The van der Waals surface area contributed by atoms with Crippen molar-refractivity contribution in [3.63, 3.8) is 0 Å². The van der Waals surface area contributed by atoms with Gasteiger partial charge in [-0.1, -0.05) is 62.8 Å². The fourth-order valence-electron chi connectivity index (χ4n) is 4.21. The topological polar surface area (TPSA) is 76.0 Å². The van der Waals surface area contributed by atoms with Gasteiger partial charge in [0.25, 0.3) is 0 Å². The SMILES string of the molecule is CC(Oc1ccccc1)C(CCC1=CC[C@H](O)[C@@H]1C/C=C\CCCC(=O)O)O[Si](C)(C)C(C)(C)C. The van der Waals surface area contributed by atoms with Gasteiger partial charge in [0.2, 0.25) is 0 Å². The third-order valence-electron chi connectivity index (χ3n) is 7.44. The van der Waals surface area contributed by atoms with E-state index in [9.17, 15) is 9.90 Å². The molecule has 35 heavy (non-hydrogen) atoms. The van der Waals surface area contributed by atoms with Crippen LogP contribution in [0, 0.1) is 5.92 Å². The Bertz CT molecular complexity index is 840. The molecule has 0 amide bonds. The van der Waals surface area contributed by atoms with Crippen LogP contribution < -0.4 is 4.74 Å². The zero-order valence-electron chi connectivity index (χ0n) is 22.5. The number of ether oxygens (including phenoxy) is 1. The number of aliphatic carboxylic acids is 1. The lowest BCUT2D eigenvalue weighted by molar-refractivity contribution is -0.137. The number of hydrogen-bond donors (Lipinski definition) is 2. The Labute approximate surface area is 213 Å². The molecule has 5 nitrogen and oxygen atoms in total. The number of hydrogen-bond acceptors (Lipinski definition) is 4. The zero-order chi connectivity index (χ0) is 26.1. The highest BCUT2D eigenvalue weighted by Crippen LogP contribution is 2.39. The maximum Gasteiger partial charge on any atom is 0.303 e. The molecule has 2 N–H and O–H groups in total. The third-order valence-corrected chi connectivity index (χ3v) is 11.9. The molecule has 0 bridgehead atoms. The summed E-state index contributed by atoms with van der Waals surface area (Å²) in [4.78, 5) is 10.7. The maximum absolute atomic E-state index is 10.7. The standard InChI is InChI=1S/C29H46O5Si/c1-22(33-24-14-10-9-11-15-24)27(34-35(5,6)29(2,3)4)21-19-23-18-20-26(30)25(23)16-12-7-8-13-17-28(31)32/h7,9-12,14-15,18,22,25-27,30H,8,13,16-17,19-21H2,1-6H3,(H,31,32)/b12-7-/t22?,25-,26+,27?/m1/s1. The van der Waals surface area contributed by atoms with Gasteiger partial charge in [-0.3, -0.25) is 4.79 Å². The Balaban J connectivity index is 2.03. The number of unbranched alkanes of at least 4 members (excludes halogenated alkanes) is 1. The zero-order valence-corrected chi connectivity index (χ0v) is 23.5. The molecule has 0 spiro atoms. The van der Waals surface area contributed by atoms with E-state index in [1.165, 1.54) is 5.57 Å². The summed E-state index contributed by atoms with van der Waals surface area (Å²) in [6.45, 7) is 13.4. The lowest BCUT2D eigenvalue weighted by atomic mass is 9.91. The number of allylic oxidation sites excluding steroid dienone is 2. The van der Waals surface area contributed by atoms with Gasteiger partial charge in [-0.15, -0.1) is 0 Å². The highest BCUT2D eigenvalue weighted by atomic mass is 28.4. The van der Waals surface area contributed by atoms with E-state index in [0.29, 0.717) is 12.8 Å². The van der Waals surface area contributed by atoms with Crippen LogP contribution in [0.5, 0.6) is 5.75 Å². The van der Waals surface area contributed by atoms with Gasteiger partial charge >= 0.3 is 5.97 Å². The summed E-state index contributed by atoms with van der Waals surface area (Å²) in [6, 6.07) is 9.91. The van der Waals surface area contributed by atoms with Crippen molar-refractivity contribution < 1.29 is 24.2 Å². The molecule has 0 radical (unpaired) electrons. The van der Waals surface area contributed by atoms with Gasteiger partial charge in [0, 0.05) is 12.3 Å². The van der Waals surface area contributed by atoms with Gasteiger partial charge in [0.1, 0.15) is 11.9 Å². The Morgan fingerprint density at radius 2 is 1.89 bits per heavy atom. The van der Waals surface area contributed by atoms with Crippen molar-refractivity contribution in [2.45, 2.75) is 109 Å². The van der Waals surface area contributed by atoms with Crippen LogP contribution in [0.15, 0.2) is 54.1 Å². The van der Waals surface area contributed by atoms with Crippen molar-refractivity contribution in [1.29, 1.82) is 0 Å². The molecule has 0 heterocycles. The van der Waals surface area contributed by atoms with Crippen LogP contribution in [0.25, 0.3) is 0 Å². The number of rotatable bonds is 14. The van der Waals surface area contributed by atoms with Crippen LogP contribution in [-0.2, 0) is 9.22 Å². The minimum atomic E-state index is -2.00. The second-order valence-electron chi connectivity index (χ2n) is 11.3. The smallest absolute Gasteiger partial charge is 0.303 e. The quantitative estimate of drug-likeness (QED) is 0.161. The van der Waals surface area contributed by atoms with E-state index in [4.69, 9.17) is 14.3 Å². The summed E-state index contributed by atoms with van der Waals surface area (Å²) >= 11 is 0. The fourth-order valence-corrected chi connectivity index (χ4v) is 5.63. The van der Waals surface area contributed by atoms with E-state index in [0.717, 1.165) is 31.4 Å². The number of aliphatic hydroxyl groups excluding tert-OH is 1. The van der Waals surface area contributed by atoms with Gasteiger partial charge in [-0.2, -0.15) is 0 Å². The van der Waals surface area contributed by atoms with Gasteiger partial charge in [-0.25, -0.2) is 0 Å². The lowest BCUT2D eigenvalue weighted by Crippen LogP contribution is -2.47. The molecule has 1 aromatic rings. The molecule has 196 valence electrons. The average molecular weight is 503 g/mol. The van der Waals surface area contributed by atoms with Crippen molar-refractivity contribution in [2.24, 2.45) is 5.92 Å². The third kappa shape index (κ3) is 9.58. The predicted octanol–water partition coefficient (Wildman–Crippen LogP) is 7.13. The van der Waals surface area contributed by atoms with E-state index < -0.39 is 14.3 Å². The molecule has 2 unspecified atom stereocenters. The van der Waals surface area contributed by atoms with Crippen LogP contribution in [0.3, 0.4) is 0 Å². The summed E-state index contributed by atoms with van der Waals surface area (Å²) in [6.07, 6.45) is 10.6. The molecule has 0 saturated heterocycles. The molecule has 1 aliphatic rings. The van der Waals surface area contributed by atoms with Crippen LogP contribution in [0.2, 0.25) is 18.1 Å². The predicted molar refractivity (Wildman–Crippen MR) is 145 cm³/mol. The molecule has 0 aliphatic heterocycles. The van der Waals surface area contributed by atoms with Crippen molar-refractivity contribution >= 4 is 14.3 Å². The summed E-state index contributed by atoms with van der Waals surface area (Å²) in [5.74, 6) is 0.213. The Morgan fingerprint density at radius 3 is 2.51 bits per heavy atom. The molecule has 6 heteroatoms. The van der Waals surface area contributed by atoms with Crippen molar-refractivity contribution in [1.82, 2.24) is 0 Å². The summed E-state index contributed by atoms with van der Waals surface area (Å²) < 4.78 is 13.2. The number of aliphatic hydroxyl groups is 1. The second kappa shape index (κ2) is 13.4. The molecular formula is C29H46O5Si. The van der Waals surface area contributed by atoms with Crippen molar-refractivity contribution in [2.75, 3.05) is 0 Å². The van der Waals surface area contributed by atoms with Gasteiger partial charge in [0.15, 0.2) is 8.32 Å². The van der Waals surface area contributed by atoms with Crippen molar-refractivity contribution in [3.8, 4) is 5.75 Å². The average Bonchev–Trinajstić information content (AvgIpc) is 3.12. The molecule has 1 aliphatic carbocycles. The van der Waals surface area contributed by atoms with Gasteiger partial charge in [0.05, 0.1) is 12.2 Å². The molecule has 2 rings (SSSR count). The Hall–Kier alpha value is -1.89. The molecule has 0 fully saturated rings. The monoisotopic (exact) mass is 502 g/mol. The Morgan fingerprint density at radius 1 is 1.20 bits per heavy atom. The number of carboxylic acids is 1. The first-order valence-electron chi connectivity index (χ1n) is 13.0. The first-order valence-corrected chi connectivity index (χ1v) is 15.9. The number of para-hydroxylation sites is 1. The van der Waals surface area contributed by atoms with E-state index in [1.807, 2.05) is 36.4 Å². The first-order chi connectivity index (χ1) is 16.4. The second-order valence-corrected chi connectivity index (χ2v) is 16.0. The first kappa shape index (κ1) is 29.3.